The van der Waals surface area contributed by atoms with E-state index in [4.69, 9.17) is 0 Å². The third-order valence-electron chi connectivity index (χ3n) is 5.60. The fourth-order valence-electron chi connectivity index (χ4n) is 4.31. The molecule has 2 atom stereocenters. The van der Waals surface area contributed by atoms with E-state index >= 15 is 0 Å². The van der Waals surface area contributed by atoms with Gasteiger partial charge in [0, 0.05) is 54.0 Å². The topological polar surface area (TPSA) is 68.1 Å². The standard InChI is InChI=1S/C20H18N4O2S/c1-23-10-15(13(8-19(23)25)18-3-2-6-27-18)20(26)24-12-4-5-17(24)14-9-21-11-22-16(14)7-12/h2-3,6,8-12,17H,4-5,7H2,1H3/t12-,17-/m0/s1. The molecule has 5 heterocycles. The van der Waals surface area contributed by atoms with Crippen molar-refractivity contribution in [1.29, 1.82) is 0 Å². The van der Waals surface area contributed by atoms with Gasteiger partial charge in [0.2, 0.25) is 0 Å². The first-order valence-corrected chi connectivity index (χ1v) is 9.87. The fourth-order valence-corrected chi connectivity index (χ4v) is 5.07. The van der Waals surface area contributed by atoms with Crippen molar-refractivity contribution in [3.05, 3.63) is 69.5 Å². The van der Waals surface area contributed by atoms with Gasteiger partial charge in [0.25, 0.3) is 11.5 Å². The van der Waals surface area contributed by atoms with Crippen molar-refractivity contribution in [2.75, 3.05) is 0 Å². The maximum atomic E-state index is 13.6. The second-order valence-corrected chi connectivity index (χ2v) is 8.06. The first-order valence-electron chi connectivity index (χ1n) is 8.99. The van der Waals surface area contributed by atoms with Crippen molar-refractivity contribution in [2.45, 2.75) is 31.3 Å². The van der Waals surface area contributed by atoms with Crippen LogP contribution in [0.1, 0.15) is 40.5 Å². The molecule has 0 unspecified atom stereocenters. The Hall–Kier alpha value is -2.80. The number of fused-ring (bicyclic) bond motifs is 4. The van der Waals surface area contributed by atoms with Crippen molar-refractivity contribution in [3.8, 4) is 10.4 Å². The predicted octanol–water partition coefficient (Wildman–Crippen LogP) is 2.81. The molecule has 2 bridgehead atoms. The van der Waals surface area contributed by atoms with Crippen molar-refractivity contribution in [3.63, 3.8) is 0 Å². The van der Waals surface area contributed by atoms with Gasteiger partial charge in [-0.3, -0.25) is 9.59 Å². The number of hydrogen-bond acceptors (Lipinski definition) is 5. The highest BCUT2D eigenvalue weighted by atomic mass is 32.1. The average molecular weight is 378 g/mol. The van der Waals surface area contributed by atoms with Crippen LogP contribution < -0.4 is 5.56 Å². The second kappa shape index (κ2) is 6.13. The molecule has 3 aromatic rings. The fraction of sp³-hybridized carbons (Fsp3) is 0.300. The molecule has 0 aromatic carbocycles. The van der Waals surface area contributed by atoms with Gasteiger partial charge < -0.3 is 9.47 Å². The van der Waals surface area contributed by atoms with Gasteiger partial charge in [-0.1, -0.05) is 6.07 Å². The quantitative estimate of drug-likeness (QED) is 0.688. The Morgan fingerprint density at radius 1 is 1.33 bits per heavy atom. The minimum absolute atomic E-state index is 0.0147. The Balaban J connectivity index is 1.62. The van der Waals surface area contributed by atoms with Crippen LogP contribution in [0, 0.1) is 0 Å². The maximum Gasteiger partial charge on any atom is 0.256 e. The van der Waals surface area contributed by atoms with Crippen LogP contribution >= 0.6 is 11.3 Å². The monoisotopic (exact) mass is 378 g/mol. The molecule has 5 rings (SSSR count). The van der Waals surface area contributed by atoms with E-state index in [0.717, 1.165) is 35.4 Å². The molecule has 136 valence electrons. The van der Waals surface area contributed by atoms with Gasteiger partial charge in [0.1, 0.15) is 6.33 Å². The maximum absolute atomic E-state index is 13.6. The molecule has 0 aliphatic carbocycles. The van der Waals surface area contributed by atoms with Crippen LogP contribution in [-0.2, 0) is 13.5 Å². The highest BCUT2D eigenvalue weighted by Gasteiger charge is 2.44. The Bertz CT molecular complexity index is 1090. The molecule has 0 N–H and O–H groups in total. The Labute approximate surface area is 160 Å². The molecular formula is C20H18N4O2S. The smallest absolute Gasteiger partial charge is 0.256 e. The molecule has 2 aliphatic heterocycles. The summed E-state index contributed by atoms with van der Waals surface area (Å²) < 4.78 is 1.48. The van der Waals surface area contributed by atoms with E-state index in [0.29, 0.717) is 11.1 Å². The third kappa shape index (κ3) is 2.53. The van der Waals surface area contributed by atoms with Crippen LogP contribution in [-0.4, -0.2) is 31.4 Å². The first kappa shape index (κ1) is 16.4. The van der Waals surface area contributed by atoms with Gasteiger partial charge in [-0.05, 0) is 24.3 Å². The molecule has 0 radical (unpaired) electrons. The average Bonchev–Trinajstić information content (AvgIpc) is 3.31. The normalized spacial score (nSPS) is 20.6. The summed E-state index contributed by atoms with van der Waals surface area (Å²) >= 11 is 1.54. The first-order chi connectivity index (χ1) is 13.1. The highest BCUT2D eigenvalue weighted by molar-refractivity contribution is 7.13. The van der Waals surface area contributed by atoms with Crippen LogP contribution in [0.2, 0.25) is 0 Å². The van der Waals surface area contributed by atoms with E-state index in [1.807, 2.05) is 28.6 Å². The molecular weight excluding hydrogens is 360 g/mol. The van der Waals surface area contributed by atoms with Crippen LogP contribution in [0.25, 0.3) is 10.4 Å². The van der Waals surface area contributed by atoms with E-state index in [-0.39, 0.29) is 23.6 Å². The van der Waals surface area contributed by atoms with Gasteiger partial charge >= 0.3 is 0 Å². The summed E-state index contributed by atoms with van der Waals surface area (Å²) in [5.41, 5.74) is 3.29. The van der Waals surface area contributed by atoms with Crippen LogP contribution in [0.15, 0.2) is 47.1 Å². The number of thiophene rings is 1. The minimum Gasteiger partial charge on any atom is -0.328 e. The SMILES string of the molecule is Cn1cc(C(=O)N2[C@H]3CC[C@H]2c2cncnc2C3)c(-c2cccs2)cc1=O. The lowest BCUT2D eigenvalue weighted by atomic mass is 9.97. The zero-order chi connectivity index (χ0) is 18.5. The van der Waals surface area contributed by atoms with Crippen LogP contribution in [0.3, 0.4) is 0 Å². The molecule has 1 saturated heterocycles. The van der Waals surface area contributed by atoms with Crippen LogP contribution in [0.4, 0.5) is 0 Å². The summed E-state index contributed by atoms with van der Waals surface area (Å²) in [6, 6.07) is 5.62. The number of aryl methyl sites for hydroxylation is 1. The lowest BCUT2D eigenvalue weighted by molar-refractivity contribution is 0.0643. The zero-order valence-corrected chi connectivity index (χ0v) is 15.6. The zero-order valence-electron chi connectivity index (χ0n) is 14.8. The number of amides is 1. The molecule has 3 aromatic heterocycles. The summed E-state index contributed by atoms with van der Waals surface area (Å²) in [5, 5.41) is 1.96. The Morgan fingerprint density at radius 3 is 3.04 bits per heavy atom. The molecule has 6 nitrogen and oxygen atoms in total. The van der Waals surface area contributed by atoms with E-state index in [1.54, 1.807) is 25.6 Å². The number of carbonyl (C=O) groups is 1. The molecule has 2 aliphatic rings. The molecule has 27 heavy (non-hydrogen) atoms. The van der Waals surface area contributed by atoms with Crippen molar-refractivity contribution in [2.24, 2.45) is 7.05 Å². The summed E-state index contributed by atoms with van der Waals surface area (Å²) in [4.78, 5) is 37.4. The van der Waals surface area contributed by atoms with Gasteiger partial charge in [0.05, 0.1) is 17.3 Å². The summed E-state index contributed by atoms with van der Waals surface area (Å²) in [5.74, 6) is -0.0176. The van der Waals surface area contributed by atoms with Gasteiger partial charge in [0.15, 0.2) is 0 Å². The van der Waals surface area contributed by atoms with E-state index in [1.165, 1.54) is 15.9 Å². The molecule has 0 spiro atoms. The largest absolute Gasteiger partial charge is 0.328 e. The molecule has 0 saturated carbocycles. The summed E-state index contributed by atoms with van der Waals surface area (Å²) in [6.45, 7) is 0. The highest BCUT2D eigenvalue weighted by Crippen LogP contribution is 2.44. The lowest BCUT2D eigenvalue weighted by Gasteiger charge is -2.36. The van der Waals surface area contributed by atoms with Crippen molar-refractivity contribution < 1.29 is 4.79 Å². The minimum atomic E-state index is -0.115. The Kier molecular flexibility index (Phi) is 3.72. The predicted molar refractivity (Wildman–Crippen MR) is 103 cm³/mol. The van der Waals surface area contributed by atoms with Crippen molar-refractivity contribution >= 4 is 17.2 Å². The van der Waals surface area contributed by atoms with Gasteiger partial charge in [-0.25, -0.2) is 9.97 Å². The second-order valence-electron chi connectivity index (χ2n) is 7.12. The summed E-state index contributed by atoms with van der Waals surface area (Å²) in [6.07, 6.45) is 7.76. The van der Waals surface area contributed by atoms with Crippen LogP contribution in [0.5, 0.6) is 0 Å². The summed E-state index contributed by atoms with van der Waals surface area (Å²) in [7, 11) is 1.69. The van der Waals surface area contributed by atoms with E-state index in [2.05, 4.69) is 9.97 Å². The van der Waals surface area contributed by atoms with Gasteiger partial charge in [-0.15, -0.1) is 11.3 Å². The van der Waals surface area contributed by atoms with E-state index in [9.17, 15) is 9.59 Å². The third-order valence-corrected chi connectivity index (χ3v) is 6.50. The molecule has 7 heteroatoms. The number of pyridine rings is 1. The number of nitrogens with zero attached hydrogens (tertiary/aromatic N) is 4. The number of aromatic nitrogens is 3. The van der Waals surface area contributed by atoms with Gasteiger partial charge in [-0.2, -0.15) is 0 Å². The number of carbonyl (C=O) groups excluding carboxylic acids is 1. The molecule has 1 fully saturated rings. The van der Waals surface area contributed by atoms with E-state index < -0.39 is 0 Å². The lowest BCUT2D eigenvalue weighted by Crippen LogP contribution is -2.42. The number of rotatable bonds is 2. The number of hydrogen-bond donors (Lipinski definition) is 0. The van der Waals surface area contributed by atoms with Crippen molar-refractivity contribution in [1.82, 2.24) is 19.4 Å². The molecule has 1 amide bonds. The Morgan fingerprint density at radius 2 is 2.22 bits per heavy atom.